The van der Waals surface area contributed by atoms with Gasteiger partial charge in [-0.05, 0) is 45.9 Å². The molecular formula is C22H29BFN3O9. The summed E-state index contributed by atoms with van der Waals surface area (Å²) in [6, 6.07) is 4.55. The number of rotatable bonds is 2. The molecule has 0 saturated carbocycles. The van der Waals surface area contributed by atoms with Crippen LogP contribution in [0, 0.1) is 0 Å². The van der Waals surface area contributed by atoms with Gasteiger partial charge in [0.1, 0.15) is 11.2 Å². The summed E-state index contributed by atoms with van der Waals surface area (Å²) in [7, 11) is 0. The highest BCUT2D eigenvalue weighted by atomic mass is 19.2. The molecule has 0 radical (unpaired) electrons. The van der Waals surface area contributed by atoms with Crippen molar-refractivity contribution >= 4 is 49.0 Å². The lowest BCUT2D eigenvalue weighted by Gasteiger charge is -2.41. The predicted octanol–water partition coefficient (Wildman–Crippen LogP) is 0.850. The zero-order chi connectivity index (χ0) is 26.7. The first-order valence-electron chi connectivity index (χ1n) is 10.4. The number of aliphatic carboxylic acids is 2. The Morgan fingerprint density at radius 1 is 1.06 bits per heavy atom. The summed E-state index contributed by atoms with van der Waals surface area (Å²) in [5, 5.41) is 23.8. The number of carbonyl (C=O) groups is 4. The van der Waals surface area contributed by atoms with Crippen LogP contribution in [0.2, 0.25) is 0 Å². The minimum atomic E-state index is -1.82. The number of amides is 1. The van der Waals surface area contributed by atoms with Crippen molar-refractivity contribution in [2.24, 2.45) is 0 Å². The molecule has 36 heavy (non-hydrogen) atoms. The molecule has 12 nitrogen and oxygen atoms in total. The molecule has 0 bridgehead atoms. The third-order valence-electron chi connectivity index (χ3n) is 4.97. The Hall–Kier alpha value is -4.10. The zero-order valence-electron chi connectivity index (χ0n) is 19.5. The Kier molecular flexibility index (Phi) is 9.61. The van der Waals surface area contributed by atoms with Gasteiger partial charge in [0.15, 0.2) is 0 Å². The summed E-state index contributed by atoms with van der Waals surface area (Å²) in [4.78, 5) is 57.7. The van der Waals surface area contributed by atoms with Gasteiger partial charge in [0.25, 0.3) is 0 Å². The lowest BCUT2D eigenvalue weighted by molar-refractivity contribution is -0.159. The standard InChI is InChI=1S/C20H24FN3O5.C2H2O4.BH3/c1-12-10-22(19(28)29-20(2,3)4)7-8-23(12)13-5-6-14-16(9-13)24(21)11-15(17(14)25)18(26)27;3-1(4)2(5)6;/h5-6,9,11-12H,7-8,10H2,1-4H3,(H,26,27);(H,3,4)(H,5,6);1H3. The molecule has 1 aliphatic heterocycles. The number of nitrogens with zero attached hydrogens (tertiary/aromatic N) is 3. The molecule has 1 aromatic carbocycles. The van der Waals surface area contributed by atoms with E-state index in [1.807, 2.05) is 32.6 Å². The molecule has 2 aromatic rings. The summed E-state index contributed by atoms with van der Waals surface area (Å²) in [5.41, 5.74) is -1.24. The molecule has 14 heteroatoms. The van der Waals surface area contributed by atoms with Crippen molar-refractivity contribution in [3.63, 3.8) is 0 Å². The van der Waals surface area contributed by atoms with Gasteiger partial charge < -0.3 is 29.9 Å². The fraction of sp³-hybridized carbons (Fsp3) is 0.409. The van der Waals surface area contributed by atoms with E-state index in [0.717, 1.165) is 0 Å². The maximum atomic E-state index is 14.4. The molecule has 1 atom stereocenters. The van der Waals surface area contributed by atoms with Crippen LogP contribution in [0.1, 0.15) is 38.1 Å². The van der Waals surface area contributed by atoms with Gasteiger partial charge in [0.2, 0.25) is 5.43 Å². The lowest BCUT2D eigenvalue weighted by Crippen LogP contribution is -2.54. The minimum absolute atomic E-state index is 0. The molecule has 3 N–H and O–H groups in total. The number of piperazine rings is 1. The van der Waals surface area contributed by atoms with Crippen LogP contribution in [0.4, 0.5) is 15.0 Å². The number of benzene rings is 1. The third kappa shape index (κ3) is 7.20. The van der Waals surface area contributed by atoms with Crippen LogP contribution < -0.4 is 10.3 Å². The average molecular weight is 509 g/mol. The summed E-state index contributed by atoms with van der Waals surface area (Å²) in [6.07, 6.45) is 0.307. The predicted molar refractivity (Wildman–Crippen MR) is 131 cm³/mol. The van der Waals surface area contributed by atoms with E-state index >= 15 is 0 Å². The number of aromatic carboxylic acids is 1. The molecule has 0 aliphatic carbocycles. The molecule has 2 heterocycles. The van der Waals surface area contributed by atoms with Gasteiger partial charge in [-0.2, -0.15) is 4.79 Å². The topological polar surface area (TPSA) is 167 Å². The fourth-order valence-electron chi connectivity index (χ4n) is 3.44. The molecule has 0 spiro atoms. The van der Waals surface area contributed by atoms with Gasteiger partial charge in [-0.3, -0.25) is 4.79 Å². The number of ether oxygens (including phenoxy) is 1. The van der Waals surface area contributed by atoms with Crippen LogP contribution in [0.3, 0.4) is 0 Å². The summed E-state index contributed by atoms with van der Waals surface area (Å²) in [6.45, 7) is 8.77. The number of halogens is 1. The summed E-state index contributed by atoms with van der Waals surface area (Å²) >= 11 is 0. The number of aromatic nitrogens is 1. The number of carboxylic acid groups (broad SMARTS) is 3. The quantitative estimate of drug-likeness (QED) is 0.390. The second-order valence-corrected chi connectivity index (χ2v) is 8.77. The number of pyridine rings is 1. The van der Waals surface area contributed by atoms with Gasteiger partial charge >= 0.3 is 24.0 Å². The van der Waals surface area contributed by atoms with E-state index in [9.17, 15) is 18.9 Å². The molecule has 1 fully saturated rings. The van der Waals surface area contributed by atoms with Crippen LogP contribution in [0.25, 0.3) is 10.9 Å². The molecule has 1 unspecified atom stereocenters. The van der Waals surface area contributed by atoms with Crippen LogP contribution in [0.15, 0.2) is 29.2 Å². The molecule has 1 amide bonds. The summed E-state index contributed by atoms with van der Waals surface area (Å²) < 4.78 is 19.8. The van der Waals surface area contributed by atoms with Crippen molar-refractivity contribution in [2.45, 2.75) is 39.3 Å². The molecule has 1 aliphatic rings. The monoisotopic (exact) mass is 509 g/mol. The molecule has 1 aromatic heterocycles. The maximum Gasteiger partial charge on any atom is 0.414 e. The number of carbonyl (C=O) groups excluding carboxylic acids is 1. The zero-order valence-corrected chi connectivity index (χ0v) is 19.5. The number of fused-ring (bicyclic) bond motifs is 1. The van der Waals surface area contributed by atoms with E-state index in [0.29, 0.717) is 31.5 Å². The Morgan fingerprint density at radius 3 is 2.11 bits per heavy atom. The van der Waals surface area contributed by atoms with Gasteiger partial charge in [0, 0.05) is 36.7 Å². The average Bonchev–Trinajstić information content (AvgIpc) is 2.74. The highest BCUT2D eigenvalue weighted by molar-refractivity contribution is 6.27. The Morgan fingerprint density at radius 2 is 1.64 bits per heavy atom. The highest BCUT2D eigenvalue weighted by Crippen LogP contribution is 2.25. The van der Waals surface area contributed by atoms with Crippen molar-refractivity contribution in [3.8, 4) is 0 Å². The Bertz CT molecular complexity index is 1210. The van der Waals surface area contributed by atoms with Crippen molar-refractivity contribution in [3.05, 3.63) is 40.2 Å². The Balaban J connectivity index is 0.000000827. The number of carboxylic acids is 3. The van der Waals surface area contributed by atoms with Crippen molar-refractivity contribution in [1.29, 1.82) is 0 Å². The largest absolute Gasteiger partial charge is 0.477 e. The van der Waals surface area contributed by atoms with E-state index in [1.165, 1.54) is 12.1 Å². The number of anilines is 1. The molecule has 196 valence electrons. The second-order valence-electron chi connectivity index (χ2n) is 8.77. The van der Waals surface area contributed by atoms with E-state index in [1.54, 1.807) is 11.0 Å². The van der Waals surface area contributed by atoms with Crippen LogP contribution >= 0.6 is 0 Å². The lowest BCUT2D eigenvalue weighted by atomic mass is 10.1. The second kappa shape index (κ2) is 11.6. The van der Waals surface area contributed by atoms with E-state index in [-0.39, 0.29) is 36.2 Å². The number of hydrogen-bond donors (Lipinski definition) is 3. The molecular weight excluding hydrogens is 480 g/mol. The van der Waals surface area contributed by atoms with Crippen LogP contribution in [-0.2, 0) is 14.3 Å². The van der Waals surface area contributed by atoms with Crippen LogP contribution in [0.5, 0.6) is 0 Å². The van der Waals surface area contributed by atoms with Gasteiger partial charge in [0.05, 0.1) is 20.1 Å². The normalized spacial score (nSPS) is 15.3. The number of hydrogen-bond acceptors (Lipinski definition) is 7. The van der Waals surface area contributed by atoms with Crippen molar-refractivity contribution < 1.29 is 43.7 Å². The SMILES string of the molecule is B.CC1CN(C(=O)OC(C)(C)C)CCN1c1ccc2c(=O)c(C(=O)O)cn(F)c2c1.O=C(O)C(=O)O. The minimum Gasteiger partial charge on any atom is -0.477 e. The van der Waals surface area contributed by atoms with Crippen molar-refractivity contribution in [1.82, 2.24) is 9.69 Å². The van der Waals surface area contributed by atoms with E-state index < -0.39 is 34.5 Å². The van der Waals surface area contributed by atoms with Gasteiger partial charge in [-0.15, -0.1) is 0 Å². The fourth-order valence-corrected chi connectivity index (χ4v) is 3.44. The molecule has 3 rings (SSSR count). The van der Waals surface area contributed by atoms with E-state index in [4.69, 9.17) is 29.6 Å². The maximum absolute atomic E-state index is 14.4. The first kappa shape index (κ1) is 29.9. The van der Waals surface area contributed by atoms with Crippen LogP contribution in [-0.4, -0.2) is 88.7 Å². The van der Waals surface area contributed by atoms with Crippen molar-refractivity contribution in [2.75, 3.05) is 24.5 Å². The van der Waals surface area contributed by atoms with Gasteiger partial charge in [-0.1, -0.05) is 4.48 Å². The first-order valence-corrected chi connectivity index (χ1v) is 10.4. The van der Waals surface area contributed by atoms with Gasteiger partial charge in [-0.25, -0.2) is 19.2 Å². The van der Waals surface area contributed by atoms with E-state index in [2.05, 4.69) is 0 Å². The first-order chi connectivity index (χ1) is 16.1. The third-order valence-corrected chi connectivity index (χ3v) is 4.97. The summed E-state index contributed by atoms with van der Waals surface area (Å²) in [5.74, 6) is -5.12. The Labute approximate surface area is 207 Å². The smallest absolute Gasteiger partial charge is 0.414 e. The highest BCUT2D eigenvalue weighted by Gasteiger charge is 2.30. The molecule has 1 saturated heterocycles.